The van der Waals surface area contributed by atoms with Crippen LogP contribution in [0.15, 0.2) is 12.7 Å². The van der Waals surface area contributed by atoms with Gasteiger partial charge in [-0.05, 0) is 0 Å². The van der Waals surface area contributed by atoms with Crippen LogP contribution in [0.2, 0.25) is 0 Å². The summed E-state index contributed by atoms with van der Waals surface area (Å²) in [5, 5.41) is 66.7. The summed E-state index contributed by atoms with van der Waals surface area (Å²) in [6, 6.07) is 0. The number of esters is 1. The molecular formula is C15H22O12. The van der Waals surface area contributed by atoms with E-state index in [1.165, 1.54) is 0 Å². The molecule has 7 N–H and O–H groups in total. The smallest absolute Gasteiger partial charge is 0.336 e. The molecule has 1 aliphatic rings. The van der Waals surface area contributed by atoms with Crippen molar-refractivity contribution in [3.8, 4) is 0 Å². The van der Waals surface area contributed by atoms with Gasteiger partial charge in [-0.2, -0.15) is 0 Å². The lowest BCUT2D eigenvalue weighted by atomic mass is 9.90. The second-order valence-electron chi connectivity index (χ2n) is 6.13. The van der Waals surface area contributed by atoms with E-state index in [0.717, 1.165) is 6.08 Å². The minimum absolute atomic E-state index is 0.440. The molecular weight excluding hydrogens is 372 g/mol. The Morgan fingerprint density at radius 3 is 2.19 bits per heavy atom. The van der Waals surface area contributed by atoms with Gasteiger partial charge in [0, 0.05) is 6.42 Å². The Morgan fingerprint density at radius 2 is 1.74 bits per heavy atom. The van der Waals surface area contributed by atoms with Gasteiger partial charge < -0.3 is 45.2 Å². The number of aliphatic carboxylic acids is 2. The summed E-state index contributed by atoms with van der Waals surface area (Å²) in [5.41, 5.74) is -2.99. The third-order valence-corrected chi connectivity index (χ3v) is 4.03. The number of hydrogen-bond acceptors (Lipinski definition) is 10. The van der Waals surface area contributed by atoms with Crippen molar-refractivity contribution in [3.05, 3.63) is 12.7 Å². The van der Waals surface area contributed by atoms with E-state index in [2.05, 4.69) is 6.58 Å². The van der Waals surface area contributed by atoms with Crippen LogP contribution in [0.25, 0.3) is 0 Å². The summed E-state index contributed by atoms with van der Waals surface area (Å²) in [6.07, 6.45) is -9.04. The molecule has 1 heterocycles. The number of carbonyl (C=O) groups is 3. The van der Waals surface area contributed by atoms with Gasteiger partial charge in [-0.1, -0.05) is 6.08 Å². The van der Waals surface area contributed by atoms with Crippen molar-refractivity contribution in [1.29, 1.82) is 0 Å². The lowest BCUT2D eigenvalue weighted by Crippen LogP contribution is -2.66. The topological polar surface area (TPSA) is 211 Å². The third kappa shape index (κ3) is 5.00. The number of aliphatic hydroxyl groups is 5. The molecule has 27 heavy (non-hydrogen) atoms. The maximum absolute atomic E-state index is 12.2. The Bertz CT molecular complexity index is 589. The van der Waals surface area contributed by atoms with Crippen LogP contribution in [0.3, 0.4) is 0 Å². The molecule has 1 aliphatic heterocycles. The van der Waals surface area contributed by atoms with Gasteiger partial charge in [0.25, 0.3) is 0 Å². The van der Waals surface area contributed by atoms with Gasteiger partial charge in [0.05, 0.1) is 19.4 Å². The maximum Gasteiger partial charge on any atom is 0.336 e. The molecule has 12 heteroatoms. The van der Waals surface area contributed by atoms with E-state index >= 15 is 0 Å². The van der Waals surface area contributed by atoms with Crippen molar-refractivity contribution < 1.29 is 59.6 Å². The molecule has 0 radical (unpaired) electrons. The molecule has 0 saturated carbocycles. The molecule has 0 aliphatic carbocycles. The van der Waals surface area contributed by atoms with Crippen molar-refractivity contribution in [2.75, 3.05) is 6.61 Å². The molecule has 0 aromatic carbocycles. The summed E-state index contributed by atoms with van der Waals surface area (Å²) in [4.78, 5) is 34.0. The van der Waals surface area contributed by atoms with Gasteiger partial charge in [0.2, 0.25) is 5.79 Å². The highest BCUT2D eigenvalue weighted by molar-refractivity contribution is 5.88. The molecule has 12 nitrogen and oxygen atoms in total. The van der Waals surface area contributed by atoms with E-state index in [-0.39, 0.29) is 0 Å². The molecule has 1 fully saturated rings. The number of carboxylic acid groups (broad SMARTS) is 2. The highest BCUT2D eigenvalue weighted by Gasteiger charge is 2.56. The van der Waals surface area contributed by atoms with Crippen LogP contribution in [0.1, 0.15) is 19.3 Å². The Kier molecular flexibility index (Phi) is 7.42. The highest BCUT2D eigenvalue weighted by Crippen LogP contribution is 2.35. The predicted octanol–water partition coefficient (Wildman–Crippen LogP) is -3.04. The molecule has 0 aromatic heterocycles. The van der Waals surface area contributed by atoms with E-state index < -0.39 is 79.6 Å². The molecule has 1 rings (SSSR count). The zero-order valence-electron chi connectivity index (χ0n) is 14.1. The van der Waals surface area contributed by atoms with Crippen molar-refractivity contribution in [2.24, 2.45) is 0 Å². The van der Waals surface area contributed by atoms with Crippen LogP contribution in [-0.4, -0.2) is 96.1 Å². The molecule has 0 amide bonds. The van der Waals surface area contributed by atoms with Gasteiger partial charge in [0.1, 0.15) is 24.4 Å². The first-order chi connectivity index (χ1) is 12.4. The quantitative estimate of drug-likeness (QED) is 0.154. The molecule has 0 bridgehead atoms. The van der Waals surface area contributed by atoms with Gasteiger partial charge in [-0.3, -0.25) is 9.59 Å². The number of carbonyl (C=O) groups excluding carboxylic acids is 1. The summed E-state index contributed by atoms with van der Waals surface area (Å²) >= 11 is 0. The van der Waals surface area contributed by atoms with Crippen LogP contribution in [0.5, 0.6) is 0 Å². The van der Waals surface area contributed by atoms with Gasteiger partial charge >= 0.3 is 17.9 Å². The van der Waals surface area contributed by atoms with Gasteiger partial charge in [-0.25, -0.2) is 4.79 Å². The minimum Gasteiger partial charge on any atom is -0.481 e. The largest absolute Gasteiger partial charge is 0.481 e. The molecule has 154 valence electrons. The van der Waals surface area contributed by atoms with E-state index in [1.54, 1.807) is 0 Å². The average Bonchev–Trinajstić information content (AvgIpc) is 2.55. The first-order valence-electron chi connectivity index (χ1n) is 7.75. The monoisotopic (exact) mass is 394 g/mol. The Morgan fingerprint density at radius 1 is 1.15 bits per heavy atom. The lowest BCUT2D eigenvalue weighted by molar-refractivity contribution is -0.350. The van der Waals surface area contributed by atoms with E-state index in [9.17, 15) is 39.9 Å². The van der Waals surface area contributed by atoms with Crippen molar-refractivity contribution in [1.82, 2.24) is 0 Å². The van der Waals surface area contributed by atoms with Gasteiger partial charge in [0.15, 0.2) is 5.60 Å². The van der Waals surface area contributed by atoms with Crippen molar-refractivity contribution >= 4 is 17.9 Å². The fraction of sp³-hybridized carbons (Fsp3) is 0.667. The van der Waals surface area contributed by atoms with Gasteiger partial charge in [-0.15, -0.1) is 6.58 Å². The molecule has 2 unspecified atom stereocenters. The average molecular weight is 394 g/mol. The fourth-order valence-corrected chi connectivity index (χ4v) is 2.64. The van der Waals surface area contributed by atoms with Crippen LogP contribution in [0, 0.1) is 0 Å². The summed E-state index contributed by atoms with van der Waals surface area (Å²) < 4.78 is 10.1. The normalized spacial score (nSPS) is 32.9. The van der Waals surface area contributed by atoms with E-state index in [1.807, 2.05) is 0 Å². The number of carboxylic acids is 2. The molecule has 0 spiro atoms. The maximum atomic E-state index is 12.2. The second kappa shape index (κ2) is 8.73. The Hall–Kier alpha value is -2.09. The summed E-state index contributed by atoms with van der Waals surface area (Å²) in [7, 11) is 0. The summed E-state index contributed by atoms with van der Waals surface area (Å²) in [6.45, 7) is 2.55. The highest BCUT2D eigenvalue weighted by atomic mass is 16.7. The van der Waals surface area contributed by atoms with E-state index in [4.69, 9.17) is 19.7 Å². The standard InChI is InChI=1S/C15H22O12/c1-2-3-15(12(22)11(21)10(20)7(6-16)26-15)27-9(19)5-14(25,13(23)24)4-8(17)18/h2,7,10-12,16,20-22,25H,1,3-6H2,(H,17,18)(H,23,24)/t7-,10-,11+,12-,14?,15?/m1/s1. The minimum atomic E-state index is -2.99. The molecule has 1 saturated heterocycles. The Labute approximate surface area is 152 Å². The Balaban J connectivity index is 3.10. The molecule has 0 aromatic rings. The number of ether oxygens (including phenoxy) is 2. The zero-order chi connectivity index (χ0) is 21.0. The SMILES string of the molecule is C=CCC1(OC(=O)CC(O)(CC(=O)O)C(=O)O)O[C@H](CO)[C@@H](O)[C@H](O)[C@H]1O. The van der Waals surface area contributed by atoms with Crippen molar-refractivity contribution in [3.63, 3.8) is 0 Å². The van der Waals surface area contributed by atoms with Crippen LogP contribution >= 0.6 is 0 Å². The molecule has 6 atom stereocenters. The first kappa shape index (κ1) is 23.0. The van der Waals surface area contributed by atoms with E-state index in [0.29, 0.717) is 0 Å². The fourth-order valence-electron chi connectivity index (χ4n) is 2.64. The zero-order valence-corrected chi connectivity index (χ0v) is 14.1. The van der Waals surface area contributed by atoms with Crippen LogP contribution in [-0.2, 0) is 23.9 Å². The predicted molar refractivity (Wildman–Crippen MR) is 83.1 cm³/mol. The second-order valence-corrected chi connectivity index (χ2v) is 6.13. The summed E-state index contributed by atoms with van der Waals surface area (Å²) in [5.74, 6) is -7.51. The third-order valence-electron chi connectivity index (χ3n) is 4.03. The van der Waals surface area contributed by atoms with Crippen molar-refractivity contribution in [2.45, 2.75) is 55.1 Å². The van der Waals surface area contributed by atoms with Crippen LogP contribution in [0.4, 0.5) is 0 Å². The van der Waals surface area contributed by atoms with Crippen LogP contribution < -0.4 is 0 Å². The number of hydrogen-bond donors (Lipinski definition) is 7. The lowest BCUT2D eigenvalue weighted by Gasteiger charge is -2.47. The number of aliphatic hydroxyl groups excluding tert-OH is 4. The first-order valence-corrected chi connectivity index (χ1v) is 7.75. The number of rotatable bonds is 9.